The molecular weight excluding hydrogens is 274 g/mol. The van der Waals surface area contributed by atoms with Gasteiger partial charge in [0.05, 0.1) is 23.7 Å². The van der Waals surface area contributed by atoms with Crippen LogP contribution in [0.5, 0.6) is 0 Å². The smallest absolute Gasteiger partial charge is 0.0762 e. The van der Waals surface area contributed by atoms with Crippen molar-refractivity contribution in [2.24, 2.45) is 0 Å². The van der Waals surface area contributed by atoms with Crippen LogP contribution in [0.25, 0.3) is 0 Å². The number of ether oxygens (including phenoxy) is 1. The molecular formula is C15H26ClN3O. The van der Waals surface area contributed by atoms with Gasteiger partial charge in [-0.2, -0.15) is 5.10 Å². The summed E-state index contributed by atoms with van der Waals surface area (Å²) < 4.78 is 7.17. The maximum atomic E-state index is 6.08. The van der Waals surface area contributed by atoms with Gasteiger partial charge in [-0.15, -0.1) is 11.6 Å². The summed E-state index contributed by atoms with van der Waals surface area (Å²) in [5.41, 5.74) is 1.12. The van der Waals surface area contributed by atoms with E-state index >= 15 is 0 Å². The fraction of sp³-hybridized carbons (Fsp3) is 0.800. The second kappa shape index (κ2) is 8.65. The Bertz CT molecular complexity index is 377. The summed E-state index contributed by atoms with van der Waals surface area (Å²) >= 11 is 6.08. The second-order valence-electron chi connectivity index (χ2n) is 5.60. The molecule has 0 bridgehead atoms. The topological polar surface area (TPSA) is 39.1 Å². The summed E-state index contributed by atoms with van der Waals surface area (Å²) in [5.74, 6) is 0. The molecule has 1 atom stereocenters. The first-order valence-corrected chi connectivity index (χ1v) is 8.11. The molecule has 1 aromatic rings. The molecule has 114 valence electrons. The quantitative estimate of drug-likeness (QED) is 0.592. The Morgan fingerprint density at radius 3 is 3.00 bits per heavy atom. The maximum Gasteiger partial charge on any atom is 0.0762 e. The van der Waals surface area contributed by atoms with E-state index in [4.69, 9.17) is 16.3 Å². The molecule has 1 aliphatic rings. The highest BCUT2D eigenvalue weighted by Crippen LogP contribution is 2.27. The molecule has 0 aromatic carbocycles. The first kappa shape index (κ1) is 15.8. The Morgan fingerprint density at radius 2 is 2.25 bits per heavy atom. The number of methoxy groups -OCH3 is 1. The predicted octanol–water partition coefficient (Wildman–Crippen LogP) is 3.12. The number of hydrogen-bond donors (Lipinski definition) is 1. The molecule has 1 fully saturated rings. The molecule has 1 unspecified atom stereocenters. The average Bonchev–Trinajstić information content (AvgIpc) is 2.94. The molecule has 5 heteroatoms. The van der Waals surface area contributed by atoms with Crippen LogP contribution in [0.1, 0.15) is 50.3 Å². The zero-order chi connectivity index (χ0) is 14.2. The molecule has 0 spiro atoms. The minimum absolute atomic E-state index is 0.0901. The number of alkyl halides is 1. The summed E-state index contributed by atoms with van der Waals surface area (Å²) in [4.78, 5) is 0. The van der Waals surface area contributed by atoms with Crippen LogP contribution in [0.3, 0.4) is 0 Å². The summed E-state index contributed by atoms with van der Waals surface area (Å²) in [7, 11) is 1.68. The van der Waals surface area contributed by atoms with Crippen molar-refractivity contribution >= 4 is 11.6 Å². The van der Waals surface area contributed by atoms with Crippen LogP contribution in [0.2, 0.25) is 0 Å². The van der Waals surface area contributed by atoms with E-state index in [1.54, 1.807) is 7.11 Å². The number of halogens is 1. The van der Waals surface area contributed by atoms with Crippen LogP contribution in [0, 0.1) is 0 Å². The predicted molar refractivity (Wildman–Crippen MR) is 82.2 cm³/mol. The molecule has 1 heterocycles. The van der Waals surface area contributed by atoms with Gasteiger partial charge in [-0.25, -0.2) is 0 Å². The summed E-state index contributed by atoms with van der Waals surface area (Å²) in [6.07, 6.45) is 9.66. The van der Waals surface area contributed by atoms with E-state index < -0.39 is 0 Å². The lowest BCUT2D eigenvalue weighted by Gasteiger charge is -2.21. The number of rotatable bonds is 8. The lowest BCUT2D eigenvalue weighted by atomic mass is 9.96. The monoisotopic (exact) mass is 299 g/mol. The van der Waals surface area contributed by atoms with Gasteiger partial charge >= 0.3 is 0 Å². The van der Waals surface area contributed by atoms with Crippen molar-refractivity contribution in [3.05, 3.63) is 18.0 Å². The molecule has 0 aliphatic heterocycles. The Balaban J connectivity index is 1.67. The zero-order valence-corrected chi connectivity index (χ0v) is 13.1. The highest BCUT2D eigenvalue weighted by atomic mass is 35.5. The van der Waals surface area contributed by atoms with Crippen LogP contribution in [0.4, 0.5) is 0 Å². The molecule has 1 saturated carbocycles. The van der Waals surface area contributed by atoms with Crippen molar-refractivity contribution in [3.63, 3.8) is 0 Å². The molecule has 1 aliphatic carbocycles. The lowest BCUT2D eigenvalue weighted by Crippen LogP contribution is -2.20. The zero-order valence-electron chi connectivity index (χ0n) is 12.4. The summed E-state index contributed by atoms with van der Waals surface area (Å²) in [6.45, 7) is 2.32. The Labute approximate surface area is 126 Å². The van der Waals surface area contributed by atoms with Crippen molar-refractivity contribution in [1.82, 2.24) is 15.1 Å². The van der Waals surface area contributed by atoms with Crippen LogP contribution >= 0.6 is 11.6 Å². The van der Waals surface area contributed by atoms with E-state index in [9.17, 15) is 0 Å². The van der Waals surface area contributed by atoms with Gasteiger partial charge in [0.1, 0.15) is 0 Å². The van der Waals surface area contributed by atoms with Crippen molar-refractivity contribution in [2.75, 3.05) is 20.3 Å². The van der Waals surface area contributed by atoms with Crippen LogP contribution < -0.4 is 5.32 Å². The van der Waals surface area contributed by atoms with Crippen molar-refractivity contribution in [3.8, 4) is 0 Å². The van der Waals surface area contributed by atoms with Crippen molar-refractivity contribution in [2.45, 2.75) is 56.5 Å². The number of hydrogen-bond acceptors (Lipinski definition) is 3. The van der Waals surface area contributed by atoms with Gasteiger partial charge < -0.3 is 10.1 Å². The Kier molecular flexibility index (Phi) is 6.83. The minimum Gasteiger partial charge on any atom is -0.383 e. The van der Waals surface area contributed by atoms with Gasteiger partial charge in [0.2, 0.25) is 0 Å². The van der Waals surface area contributed by atoms with Crippen molar-refractivity contribution < 1.29 is 4.74 Å². The standard InChI is InChI=1S/C15H26ClN3O/c1-20-12-13(16)7-9-17-11-14-8-10-19(18-14)15-5-3-2-4-6-15/h8,10,13,15,17H,2-7,9,11-12H2,1H3. The van der Waals surface area contributed by atoms with Crippen molar-refractivity contribution in [1.29, 1.82) is 0 Å². The van der Waals surface area contributed by atoms with E-state index in [1.165, 1.54) is 32.1 Å². The Morgan fingerprint density at radius 1 is 1.45 bits per heavy atom. The maximum absolute atomic E-state index is 6.08. The van der Waals surface area contributed by atoms with E-state index in [-0.39, 0.29) is 5.38 Å². The third-order valence-electron chi connectivity index (χ3n) is 3.90. The first-order valence-electron chi connectivity index (χ1n) is 7.67. The average molecular weight is 300 g/mol. The van der Waals surface area contributed by atoms with Crippen LogP contribution in [-0.2, 0) is 11.3 Å². The molecule has 0 radical (unpaired) electrons. The number of nitrogens with zero attached hydrogens (tertiary/aromatic N) is 2. The lowest BCUT2D eigenvalue weighted by molar-refractivity contribution is 0.195. The van der Waals surface area contributed by atoms with Crippen LogP contribution in [0.15, 0.2) is 12.3 Å². The SMILES string of the molecule is COCC(Cl)CCNCc1ccn(C2CCCCC2)n1. The van der Waals surface area contributed by atoms with Gasteiger partial charge in [0.15, 0.2) is 0 Å². The van der Waals surface area contributed by atoms with Gasteiger partial charge in [-0.05, 0) is 31.9 Å². The van der Waals surface area contributed by atoms with E-state index in [2.05, 4.69) is 27.4 Å². The molecule has 0 amide bonds. The highest BCUT2D eigenvalue weighted by Gasteiger charge is 2.15. The molecule has 1 aromatic heterocycles. The fourth-order valence-corrected chi connectivity index (χ4v) is 3.00. The minimum atomic E-state index is 0.0901. The molecule has 0 saturated heterocycles. The third kappa shape index (κ3) is 5.08. The van der Waals surface area contributed by atoms with E-state index in [0.29, 0.717) is 12.6 Å². The van der Waals surface area contributed by atoms with Gasteiger partial charge in [0.25, 0.3) is 0 Å². The fourth-order valence-electron chi connectivity index (χ4n) is 2.76. The normalized spacial score (nSPS) is 18.3. The van der Waals surface area contributed by atoms with Gasteiger partial charge in [0, 0.05) is 19.9 Å². The van der Waals surface area contributed by atoms with Gasteiger partial charge in [-0.1, -0.05) is 19.3 Å². The second-order valence-corrected chi connectivity index (χ2v) is 6.21. The van der Waals surface area contributed by atoms with Crippen LogP contribution in [-0.4, -0.2) is 35.4 Å². The number of nitrogens with one attached hydrogen (secondary N) is 1. The van der Waals surface area contributed by atoms with E-state index in [1.807, 2.05) is 0 Å². The highest BCUT2D eigenvalue weighted by molar-refractivity contribution is 6.20. The first-order chi connectivity index (χ1) is 9.79. The third-order valence-corrected chi connectivity index (χ3v) is 4.24. The summed E-state index contributed by atoms with van der Waals surface area (Å²) in [6, 6.07) is 2.74. The molecule has 1 N–H and O–H groups in total. The number of aromatic nitrogens is 2. The van der Waals surface area contributed by atoms with Gasteiger partial charge in [-0.3, -0.25) is 4.68 Å². The largest absolute Gasteiger partial charge is 0.383 e. The summed E-state index contributed by atoms with van der Waals surface area (Å²) in [5, 5.41) is 8.16. The Hall–Kier alpha value is -0.580. The molecule has 20 heavy (non-hydrogen) atoms. The molecule has 2 rings (SSSR count). The molecule has 4 nitrogen and oxygen atoms in total. The van der Waals surface area contributed by atoms with E-state index in [0.717, 1.165) is 25.2 Å².